The Morgan fingerprint density at radius 2 is 1.96 bits per heavy atom. The molecule has 0 saturated heterocycles. The molecule has 0 saturated carbocycles. The van der Waals surface area contributed by atoms with Crippen LogP contribution < -0.4 is 10.1 Å². The Hall–Kier alpha value is -2.37. The van der Waals surface area contributed by atoms with Crippen molar-refractivity contribution >= 4 is 5.91 Å². The molecule has 1 N–H and O–H groups in total. The predicted octanol–water partition coefficient (Wildman–Crippen LogP) is 2.20. The Balaban J connectivity index is 1.89. The molecule has 23 heavy (non-hydrogen) atoms. The summed E-state index contributed by atoms with van der Waals surface area (Å²) in [7, 11) is 1.83. The number of ether oxygens (including phenoxy) is 1. The van der Waals surface area contributed by atoms with Gasteiger partial charge >= 0.3 is 0 Å². The van der Waals surface area contributed by atoms with Crippen LogP contribution in [0, 0.1) is 0 Å². The van der Waals surface area contributed by atoms with Gasteiger partial charge in [-0.3, -0.25) is 4.79 Å². The minimum Gasteiger partial charge on any atom is -0.481 e. The van der Waals surface area contributed by atoms with Crippen LogP contribution in [0.3, 0.4) is 0 Å². The molecule has 1 aromatic carbocycles. The first-order chi connectivity index (χ1) is 10.8. The second kappa shape index (κ2) is 6.81. The lowest BCUT2D eigenvalue weighted by atomic mass is 9.87. The molecule has 0 radical (unpaired) electrons. The Morgan fingerprint density at radius 1 is 1.30 bits per heavy atom. The van der Waals surface area contributed by atoms with Crippen LogP contribution in [0.2, 0.25) is 0 Å². The molecular formula is C17H24N4O2. The molecule has 0 bridgehead atoms. The van der Waals surface area contributed by atoms with E-state index in [1.54, 1.807) is 17.8 Å². The van der Waals surface area contributed by atoms with Gasteiger partial charge in [0.1, 0.15) is 12.1 Å². The van der Waals surface area contributed by atoms with Crippen LogP contribution in [0.25, 0.3) is 0 Å². The fourth-order valence-electron chi connectivity index (χ4n) is 2.07. The van der Waals surface area contributed by atoms with Crippen molar-refractivity contribution in [2.24, 2.45) is 7.05 Å². The van der Waals surface area contributed by atoms with E-state index in [4.69, 9.17) is 4.74 Å². The highest BCUT2D eigenvalue weighted by Gasteiger charge is 2.17. The number of hydrogen-bond donors (Lipinski definition) is 1. The fraction of sp³-hybridized carbons (Fsp3) is 0.471. The van der Waals surface area contributed by atoms with Crippen LogP contribution in [0.15, 0.2) is 30.6 Å². The lowest BCUT2D eigenvalue weighted by molar-refractivity contribution is -0.127. The van der Waals surface area contributed by atoms with Crippen LogP contribution in [-0.4, -0.2) is 26.8 Å². The van der Waals surface area contributed by atoms with E-state index in [-0.39, 0.29) is 11.3 Å². The topological polar surface area (TPSA) is 69.0 Å². The van der Waals surface area contributed by atoms with Crippen LogP contribution >= 0.6 is 0 Å². The summed E-state index contributed by atoms with van der Waals surface area (Å²) in [6.07, 6.45) is 1.02. The maximum atomic E-state index is 12.1. The van der Waals surface area contributed by atoms with Crippen molar-refractivity contribution < 1.29 is 9.53 Å². The van der Waals surface area contributed by atoms with Gasteiger partial charge in [-0.1, -0.05) is 32.9 Å². The molecule has 2 aromatic rings. The number of carbonyl (C=O) groups excluding carboxylic acids is 1. The van der Waals surface area contributed by atoms with Gasteiger partial charge in [-0.2, -0.15) is 0 Å². The van der Waals surface area contributed by atoms with Gasteiger partial charge in [0, 0.05) is 7.05 Å². The Morgan fingerprint density at radius 3 is 2.48 bits per heavy atom. The Bertz CT molecular complexity index is 656. The molecule has 0 fully saturated rings. The summed E-state index contributed by atoms with van der Waals surface area (Å²) in [5.41, 5.74) is 1.32. The van der Waals surface area contributed by atoms with E-state index in [0.717, 1.165) is 0 Å². The molecule has 0 aliphatic carbocycles. The molecule has 1 amide bonds. The molecule has 0 spiro atoms. The second-order valence-corrected chi connectivity index (χ2v) is 6.61. The Kier molecular flexibility index (Phi) is 5.03. The summed E-state index contributed by atoms with van der Waals surface area (Å²) in [6.45, 7) is 8.53. The van der Waals surface area contributed by atoms with Gasteiger partial charge in [-0.25, -0.2) is 0 Å². The number of aryl methyl sites for hydroxylation is 1. The number of amides is 1. The monoisotopic (exact) mass is 316 g/mol. The lowest BCUT2D eigenvalue weighted by Gasteiger charge is -2.20. The zero-order valence-electron chi connectivity index (χ0n) is 14.3. The zero-order chi connectivity index (χ0) is 17.0. The zero-order valence-corrected chi connectivity index (χ0v) is 14.3. The van der Waals surface area contributed by atoms with Gasteiger partial charge in [0.2, 0.25) is 0 Å². The molecule has 2 rings (SSSR count). The summed E-state index contributed by atoms with van der Waals surface area (Å²) in [6, 6.07) is 7.85. The molecular weight excluding hydrogens is 292 g/mol. The SMILES string of the molecule is C[C@H](Oc1ccc(C(C)(C)C)cc1)C(=O)NCc1nncn1C. The van der Waals surface area contributed by atoms with Gasteiger partial charge in [-0.15, -0.1) is 10.2 Å². The van der Waals surface area contributed by atoms with Gasteiger partial charge in [-0.05, 0) is 30.0 Å². The summed E-state index contributed by atoms with van der Waals surface area (Å²) in [4.78, 5) is 12.1. The van der Waals surface area contributed by atoms with Crippen molar-refractivity contribution in [2.75, 3.05) is 0 Å². The van der Waals surface area contributed by atoms with Gasteiger partial charge in [0.25, 0.3) is 5.91 Å². The van der Waals surface area contributed by atoms with Gasteiger partial charge < -0.3 is 14.6 Å². The largest absolute Gasteiger partial charge is 0.481 e. The lowest BCUT2D eigenvalue weighted by Crippen LogP contribution is -2.36. The standard InChI is InChI=1S/C17H24N4O2/c1-12(16(22)18-10-15-20-19-11-21(15)5)23-14-8-6-13(7-9-14)17(2,3)4/h6-9,11-12H,10H2,1-5H3,(H,18,22)/t12-/m0/s1. The third-order valence-electron chi connectivity index (χ3n) is 3.63. The maximum Gasteiger partial charge on any atom is 0.261 e. The van der Waals surface area contributed by atoms with E-state index in [2.05, 4.69) is 36.3 Å². The minimum absolute atomic E-state index is 0.0949. The Labute approximate surface area is 136 Å². The molecule has 1 heterocycles. The number of benzene rings is 1. The van der Waals surface area contributed by atoms with Gasteiger partial charge in [0.05, 0.1) is 6.54 Å². The van der Waals surface area contributed by atoms with Crippen molar-refractivity contribution in [3.05, 3.63) is 42.0 Å². The summed E-state index contributed by atoms with van der Waals surface area (Å²) >= 11 is 0. The number of hydrogen-bond acceptors (Lipinski definition) is 4. The highest BCUT2D eigenvalue weighted by Crippen LogP contribution is 2.24. The van der Waals surface area contributed by atoms with Crippen LogP contribution in [0.1, 0.15) is 39.1 Å². The van der Waals surface area contributed by atoms with E-state index in [9.17, 15) is 4.79 Å². The fourth-order valence-corrected chi connectivity index (χ4v) is 2.07. The van der Waals surface area contributed by atoms with E-state index < -0.39 is 6.10 Å². The van der Waals surface area contributed by atoms with Crippen molar-refractivity contribution in [2.45, 2.75) is 45.8 Å². The number of nitrogens with zero attached hydrogens (tertiary/aromatic N) is 3. The van der Waals surface area contributed by atoms with Crippen LogP contribution in [0.4, 0.5) is 0 Å². The molecule has 124 valence electrons. The van der Waals surface area contributed by atoms with E-state index in [0.29, 0.717) is 18.1 Å². The van der Waals surface area contributed by atoms with Gasteiger partial charge in [0.15, 0.2) is 11.9 Å². The summed E-state index contributed by atoms with van der Waals surface area (Å²) < 4.78 is 7.45. The predicted molar refractivity (Wildman–Crippen MR) is 88.1 cm³/mol. The average molecular weight is 316 g/mol. The quantitative estimate of drug-likeness (QED) is 0.918. The molecule has 0 unspecified atom stereocenters. The normalized spacial score (nSPS) is 12.7. The molecule has 1 aromatic heterocycles. The molecule has 0 aliphatic rings. The van der Waals surface area contributed by atoms with E-state index >= 15 is 0 Å². The third kappa shape index (κ3) is 4.55. The third-order valence-corrected chi connectivity index (χ3v) is 3.63. The van der Waals surface area contributed by atoms with Crippen LogP contribution in [0.5, 0.6) is 5.75 Å². The highest BCUT2D eigenvalue weighted by molar-refractivity contribution is 5.80. The molecule has 6 nitrogen and oxygen atoms in total. The first-order valence-electron chi connectivity index (χ1n) is 7.65. The van der Waals surface area contributed by atoms with E-state index in [1.807, 2.05) is 31.3 Å². The highest BCUT2D eigenvalue weighted by atomic mass is 16.5. The summed E-state index contributed by atoms with van der Waals surface area (Å²) in [5.74, 6) is 1.19. The van der Waals surface area contributed by atoms with Crippen molar-refractivity contribution in [1.82, 2.24) is 20.1 Å². The first kappa shape index (κ1) is 17.0. The number of rotatable bonds is 5. The maximum absolute atomic E-state index is 12.1. The molecule has 0 aliphatic heterocycles. The summed E-state index contributed by atoms with van der Waals surface area (Å²) in [5, 5.41) is 10.5. The minimum atomic E-state index is -0.580. The number of aromatic nitrogens is 3. The van der Waals surface area contributed by atoms with Crippen LogP contribution in [-0.2, 0) is 23.8 Å². The van der Waals surface area contributed by atoms with E-state index in [1.165, 1.54) is 5.56 Å². The number of nitrogens with one attached hydrogen (secondary N) is 1. The van der Waals surface area contributed by atoms with Crippen molar-refractivity contribution in [3.63, 3.8) is 0 Å². The molecule has 1 atom stereocenters. The number of carbonyl (C=O) groups is 1. The second-order valence-electron chi connectivity index (χ2n) is 6.61. The average Bonchev–Trinajstić information content (AvgIpc) is 2.89. The van der Waals surface area contributed by atoms with Crippen molar-refractivity contribution in [3.8, 4) is 5.75 Å². The smallest absolute Gasteiger partial charge is 0.261 e. The first-order valence-corrected chi connectivity index (χ1v) is 7.65. The molecule has 6 heteroatoms. The van der Waals surface area contributed by atoms with Crippen molar-refractivity contribution in [1.29, 1.82) is 0 Å².